The number of non-ortho nitro benzene ring substituents is 1. The van der Waals surface area contributed by atoms with Crippen molar-refractivity contribution in [2.45, 2.75) is 13.5 Å². The van der Waals surface area contributed by atoms with Crippen molar-refractivity contribution in [3.05, 3.63) is 69.3 Å². The van der Waals surface area contributed by atoms with Crippen LogP contribution in [0.2, 0.25) is 0 Å². The number of carbonyl (C=O) groups is 1. The van der Waals surface area contributed by atoms with Gasteiger partial charge >= 0.3 is 5.97 Å². The summed E-state index contributed by atoms with van der Waals surface area (Å²) in [5.41, 5.74) is 1.21. The maximum absolute atomic E-state index is 11.7. The van der Waals surface area contributed by atoms with E-state index in [0.717, 1.165) is 5.56 Å². The minimum absolute atomic E-state index is 0.00682. The van der Waals surface area contributed by atoms with Gasteiger partial charge in [-0.15, -0.1) is 0 Å². The summed E-state index contributed by atoms with van der Waals surface area (Å²) in [6.45, 7) is 2.03. The molecule has 8 nitrogen and oxygen atoms in total. The van der Waals surface area contributed by atoms with Gasteiger partial charge in [-0.1, -0.05) is 6.07 Å². The van der Waals surface area contributed by atoms with Crippen LogP contribution in [0.5, 0.6) is 11.5 Å². The largest absolute Gasteiger partial charge is 0.493 e. The number of esters is 1. The van der Waals surface area contributed by atoms with Crippen molar-refractivity contribution in [3.63, 3.8) is 0 Å². The van der Waals surface area contributed by atoms with Gasteiger partial charge in [0.25, 0.3) is 5.69 Å². The van der Waals surface area contributed by atoms with E-state index in [4.69, 9.17) is 19.5 Å². The maximum atomic E-state index is 11.7. The minimum atomic E-state index is -0.692. The van der Waals surface area contributed by atoms with Gasteiger partial charge in [-0.2, -0.15) is 5.26 Å². The van der Waals surface area contributed by atoms with Gasteiger partial charge in [-0.25, -0.2) is 4.79 Å². The number of rotatable bonds is 8. The monoisotopic (exact) mass is 382 g/mol. The first-order valence-corrected chi connectivity index (χ1v) is 8.31. The van der Waals surface area contributed by atoms with Crippen molar-refractivity contribution in [2.24, 2.45) is 0 Å². The molecule has 0 fully saturated rings. The molecule has 2 aromatic rings. The second-order valence-corrected chi connectivity index (χ2v) is 5.51. The number of methoxy groups -OCH3 is 1. The number of hydrogen-bond acceptors (Lipinski definition) is 7. The van der Waals surface area contributed by atoms with Crippen LogP contribution >= 0.6 is 0 Å². The zero-order valence-electron chi connectivity index (χ0n) is 15.4. The molecule has 0 atom stereocenters. The van der Waals surface area contributed by atoms with Gasteiger partial charge < -0.3 is 14.2 Å². The Kier molecular flexibility index (Phi) is 7.11. The molecule has 0 radical (unpaired) electrons. The van der Waals surface area contributed by atoms with Crippen molar-refractivity contribution in [1.29, 1.82) is 5.26 Å². The van der Waals surface area contributed by atoms with E-state index in [9.17, 15) is 14.9 Å². The van der Waals surface area contributed by atoms with Crippen LogP contribution in [0.15, 0.2) is 48.0 Å². The summed E-state index contributed by atoms with van der Waals surface area (Å²) in [7, 11) is 1.47. The van der Waals surface area contributed by atoms with Crippen LogP contribution in [0.4, 0.5) is 5.69 Å². The normalized spacial score (nSPS) is 10.7. The number of nitro groups is 1. The Morgan fingerprint density at radius 2 is 1.93 bits per heavy atom. The van der Waals surface area contributed by atoms with Crippen LogP contribution < -0.4 is 9.47 Å². The number of nitrogens with zero attached hydrogens (tertiary/aromatic N) is 2. The molecule has 0 amide bonds. The number of carbonyl (C=O) groups excluding carboxylic acids is 1. The van der Waals surface area contributed by atoms with Crippen LogP contribution in [0, 0.1) is 21.4 Å². The first kappa shape index (κ1) is 20.5. The highest BCUT2D eigenvalue weighted by atomic mass is 16.6. The zero-order valence-corrected chi connectivity index (χ0v) is 15.4. The predicted molar refractivity (Wildman–Crippen MR) is 101 cm³/mol. The third kappa shape index (κ3) is 5.32. The Labute approximate surface area is 161 Å². The SMILES string of the molecule is CCOC(=O)/C(C#N)=C/c1ccc(OCc2ccc([N+](=O)[O-])cc2)c(OC)c1. The van der Waals surface area contributed by atoms with Crippen LogP contribution in [-0.2, 0) is 16.1 Å². The molecule has 0 bridgehead atoms. The molecule has 0 unspecified atom stereocenters. The van der Waals surface area contributed by atoms with Crippen molar-refractivity contribution in [1.82, 2.24) is 0 Å². The first-order chi connectivity index (χ1) is 13.5. The molecule has 0 aromatic heterocycles. The lowest BCUT2D eigenvalue weighted by Gasteiger charge is -2.11. The average molecular weight is 382 g/mol. The number of nitro benzene ring substituents is 1. The van der Waals surface area contributed by atoms with E-state index in [1.165, 1.54) is 25.3 Å². The number of hydrogen-bond donors (Lipinski definition) is 0. The molecule has 0 heterocycles. The summed E-state index contributed by atoms with van der Waals surface area (Å²) in [6.07, 6.45) is 1.40. The summed E-state index contributed by atoms with van der Waals surface area (Å²) in [6, 6.07) is 12.8. The van der Waals surface area contributed by atoms with Crippen LogP contribution in [0.3, 0.4) is 0 Å². The minimum Gasteiger partial charge on any atom is -0.493 e. The Hall–Kier alpha value is -3.86. The topological polar surface area (TPSA) is 112 Å². The second-order valence-electron chi connectivity index (χ2n) is 5.51. The number of benzene rings is 2. The fraction of sp³-hybridized carbons (Fsp3) is 0.200. The molecule has 0 spiro atoms. The fourth-order valence-electron chi connectivity index (χ4n) is 2.28. The van der Waals surface area contributed by atoms with E-state index in [0.29, 0.717) is 17.1 Å². The second kappa shape index (κ2) is 9.73. The smallest absolute Gasteiger partial charge is 0.348 e. The van der Waals surface area contributed by atoms with Gasteiger partial charge in [0.2, 0.25) is 0 Å². The van der Waals surface area contributed by atoms with Gasteiger partial charge in [-0.3, -0.25) is 10.1 Å². The summed E-state index contributed by atoms with van der Waals surface area (Å²) < 4.78 is 15.9. The van der Waals surface area contributed by atoms with E-state index in [1.54, 1.807) is 37.3 Å². The predicted octanol–water partition coefficient (Wildman–Crippen LogP) is 3.65. The molecule has 0 aliphatic rings. The van der Waals surface area contributed by atoms with E-state index in [-0.39, 0.29) is 24.5 Å². The van der Waals surface area contributed by atoms with E-state index >= 15 is 0 Å². The molecule has 0 saturated carbocycles. The Morgan fingerprint density at radius 1 is 1.21 bits per heavy atom. The molecule has 0 N–H and O–H groups in total. The molecule has 28 heavy (non-hydrogen) atoms. The summed E-state index contributed by atoms with van der Waals surface area (Å²) in [5.74, 6) is 0.173. The summed E-state index contributed by atoms with van der Waals surface area (Å²) in [5, 5.41) is 19.8. The van der Waals surface area contributed by atoms with Gasteiger partial charge in [0.1, 0.15) is 18.2 Å². The lowest BCUT2D eigenvalue weighted by molar-refractivity contribution is -0.384. The summed E-state index contributed by atoms with van der Waals surface area (Å²) >= 11 is 0. The third-order valence-electron chi connectivity index (χ3n) is 3.66. The molecular weight excluding hydrogens is 364 g/mol. The van der Waals surface area contributed by atoms with E-state index in [2.05, 4.69) is 0 Å². The highest BCUT2D eigenvalue weighted by Crippen LogP contribution is 2.30. The van der Waals surface area contributed by atoms with Crippen LogP contribution in [0.25, 0.3) is 6.08 Å². The molecule has 0 aliphatic carbocycles. The van der Waals surface area contributed by atoms with Crippen molar-refractivity contribution < 1.29 is 23.9 Å². The fourth-order valence-corrected chi connectivity index (χ4v) is 2.28. The van der Waals surface area contributed by atoms with Gasteiger partial charge in [0.15, 0.2) is 11.5 Å². The molecule has 2 aromatic carbocycles. The Morgan fingerprint density at radius 3 is 2.50 bits per heavy atom. The van der Waals surface area contributed by atoms with Crippen molar-refractivity contribution >= 4 is 17.7 Å². The molecule has 0 aliphatic heterocycles. The molecule has 2 rings (SSSR count). The van der Waals surface area contributed by atoms with E-state index in [1.807, 2.05) is 6.07 Å². The molecular formula is C20H18N2O6. The lowest BCUT2D eigenvalue weighted by Crippen LogP contribution is -2.06. The van der Waals surface area contributed by atoms with Crippen LogP contribution in [-0.4, -0.2) is 24.6 Å². The highest BCUT2D eigenvalue weighted by Gasteiger charge is 2.12. The van der Waals surface area contributed by atoms with Crippen molar-refractivity contribution in [2.75, 3.05) is 13.7 Å². The standard InChI is InChI=1S/C20H18N2O6/c1-3-27-20(23)16(12-21)10-15-6-9-18(19(11-15)26-2)28-13-14-4-7-17(8-5-14)22(24)25/h4-11H,3,13H2,1-2H3/b16-10+. The first-order valence-electron chi connectivity index (χ1n) is 8.31. The Balaban J connectivity index is 2.15. The maximum Gasteiger partial charge on any atom is 0.348 e. The van der Waals surface area contributed by atoms with Gasteiger partial charge in [-0.05, 0) is 48.4 Å². The number of nitriles is 1. The lowest BCUT2D eigenvalue weighted by atomic mass is 10.1. The zero-order chi connectivity index (χ0) is 20.5. The van der Waals surface area contributed by atoms with Crippen LogP contribution in [0.1, 0.15) is 18.1 Å². The average Bonchev–Trinajstić information content (AvgIpc) is 2.71. The van der Waals surface area contributed by atoms with Crippen molar-refractivity contribution in [3.8, 4) is 17.6 Å². The molecule has 8 heteroatoms. The Bertz CT molecular complexity index is 929. The highest BCUT2D eigenvalue weighted by molar-refractivity contribution is 5.97. The number of ether oxygens (including phenoxy) is 3. The third-order valence-corrected chi connectivity index (χ3v) is 3.66. The molecule has 0 saturated heterocycles. The molecule has 144 valence electrons. The summed E-state index contributed by atoms with van der Waals surface area (Å²) in [4.78, 5) is 21.9. The van der Waals surface area contributed by atoms with Gasteiger partial charge in [0, 0.05) is 12.1 Å². The van der Waals surface area contributed by atoms with E-state index < -0.39 is 10.9 Å². The quantitative estimate of drug-likeness (QED) is 0.225. The van der Waals surface area contributed by atoms with Gasteiger partial charge in [0.05, 0.1) is 18.6 Å².